The molecule has 0 aliphatic carbocycles. The minimum absolute atomic E-state index is 0.0607. The van der Waals surface area contributed by atoms with Crippen molar-refractivity contribution in [1.29, 1.82) is 0 Å². The average molecular weight is 374 g/mol. The van der Waals surface area contributed by atoms with E-state index in [0.717, 1.165) is 16.9 Å². The van der Waals surface area contributed by atoms with Gasteiger partial charge >= 0.3 is 0 Å². The monoisotopic (exact) mass is 374 g/mol. The molecule has 5 rings (SSSR count). The van der Waals surface area contributed by atoms with Crippen LogP contribution in [-0.2, 0) is 24.2 Å². The first kappa shape index (κ1) is 16.7. The molecule has 140 valence electrons. The predicted octanol–water partition coefficient (Wildman–Crippen LogP) is 1.72. The van der Waals surface area contributed by atoms with Crippen LogP contribution in [0.2, 0.25) is 0 Å². The molecule has 1 amide bonds. The summed E-state index contributed by atoms with van der Waals surface area (Å²) in [5.74, 6) is 1.20. The van der Waals surface area contributed by atoms with Gasteiger partial charge in [0.05, 0.1) is 12.2 Å². The van der Waals surface area contributed by atoms with Crippen molar-refractivity contribution in [1.82, 2.24) is 19.9 Å². The molecule has 1 N–H and O–H groups in total. The van der Waals surface area contributed by atoms with Crippen LogP contribution in [0, 0.1) is 0 Å². The van der Waals surface area contributed by atoms with Crippen molar-refractivity contribution >= 4 is 5.91 Å². The molecular weight excluding hydrogens is 356 g/mol. The molecule has 1 aromatic carbocycles. The van der Waals surface area contributed by atoms with Crippen molar-refractivity contribution < 1.29 is 9.53 Å². The Morgan fingerprint density at radius 1 is 1.18 bits per heavy atom. The molecular formula is C21H18N4O3. The third kappa shape index (κ3) is 2.85. The Bertz CT molecular complexity index is 1090. The van der Waals surface area contributed by atoms with Gasteiger partial charge in [-0.15, -0.1) is 0 Å². The van der Waals surface area contributed by atoms with Gasteiger partial charge in [0.25, 0.3) is 11.5 Å². The number of aromatic nitrogens is 3. The molecule has 2 aromatic heterocycles. The summed E-state index contributed by atoms with van der Waals surface area (Å²) in [6.45, 7) is 0.799. The molecule has 28 heavy (non-hydrogen) atoms. The molecule has 2 aliphatic rings. The third-order valence-electron chi connectivity index (χ3n) is 5.26. The summed E-state index contributed by atoms with van der Waals surface area (Å²) in [6.07, 6.45) is 3.85. The Kier molecular flexibility index (Phi) is 3.93. The number of aromatic amines is 1. The number of benzene rings is 1. The number of nitrogens with one attached hydrogen (secondary N) is 1. The fraction of sp³-hybridized carbons (Fsp3) is 0.238. The topological polar surface area (TPSA) is 88.2 Å². The van der Waals surface area contributed by atoms with E-state index in [1.54, 1.807) is 29.4 Å². The van der Waals surface area contributed by atoms with E-state index in [1.165, 1.54) is 0 Å². The number of pyridine rings is 1. The summed E-state index contributed by atoms with van der Waals surface area (Å²) in [5, 5.41) is 0. The largest absolute Gasteiger partial charge is 0.480 e. The summed E-state index contributed by atoms with van der Waals surface area (Å²) >= 11 is 0. The summed E-state index contributed by atoms with van der Waals surface area (Å²) in [4.78, 5) is 38.7. The van der Waals surface area contributed by atoms with Gasteiger partial charge < -0.3 is 14.6 Å². The standard InChI is InChI=1S/C21H18N4O3/c26-20-15-7-10-25(21(27)18-11-14-3-1-2-4-17(14)28-18)12-16(15)23-19(24-20)13-5-8-22-9-6-13/h1-6,8-9,18H,7,10-12H2,(H,23,24,26)/t18-/m1/s1. The summed E-state index contributed by atoms with van der Waals surface area (Å²) in [5.41, 5.74) is 2.98. The second kappa shape index (κ2) is 6.60. The Morgan fingerprint density at radius 3 is 2.82 bits per heavy atom. The number of hydrogen-bond acceptors (Lipinski definition) is 5. The zero-order chi connectivity index (χ0) is 19.1. The number of nitrogens with zero attached hydrogens (tertiary/aromatic N) is 3. The Morgan fingerprint density at radius 2 is 2.00 bits per heavy atom. The van der Waals surface area contributed by atoms with Crippen LogP contribution in [0.25, 0.3) is 11.4 Å². The number of rotatable bonds is 2. The van der Waals surface area contributed by atoms with Gasteiger partial charge in [0.2, 0.25) is 0 Å². The lowest BCUT2D eigenvalue weighted by Crippen LogP contribution is -2.45. The molecule has 1 atom stereocenters. The van der Waals surface area contributed by atoms with Gasteiger partial charge in [0.1, 0.15) is 11.6 Å². The van der Waals surface area contributed by atoms with Crippen molar-refractivity contribution in [2.45, 2.75) is 25.5 Å². The van der Waals surface area contributed by atoms with E-state index < -0.39 is 6.10 Å². The van der Waals surface area contributed by atoms with Crippen molar-refractivity contribution in [3.05, 3.63) is 76.0 Å². The summed E-state index contributed by atoms with van der Waals surface area (Å²) < 4.78 is 5.84. The fourth-order valence-electron chi connectivity index (χ4n) is 3.80. The van der Waals surface area contributed by atoms with Gasteiger partial charge in [-0.2, -0.15) is 0 Å². The van der Waals surface area contributed by atoms with E-state index in [4.69, 9.17) is 4.74 Å². The summed E-state index contributed by atoms with van der Waals surface area (Å²) in [6, 6.07) is 11.3. The van der Waals surface area contributed by atoms with Crippen molar-refractivity contribution in [3.63, 3.8) is 0 Å². The molecule has 0 unspecified atom stereocenters. The van der Waals surface area contributed by atoms with Gasteiger partial charge in [0, 0.05) is 36.5 Å². The van der Waals surface area contributed by atoms with Crippen LogP contribution < -0.4 is 10.3 Å². The van der Waals surface area contributed by atoms with Crippen LogP contribution in [0.3, 0.4) is 0 Å². The number of para-hydroxylation sites is 1. The average Bonchev–Trinajstić information content (AvgIpc) is 3.17. The number of amides is 1. The second-order valence-corrected chi connectivity index (χ2v) is 7.00. The lowest BCUT2D eigenvalue weighted by atomic mass is 10.0. The van der Waals surface area contributed by atoms with Gasteiger partial charge in [-0.05, 0) is 30.2 Å². The zero-order valence-corrected chi connectivity index (χ0v) is 15.1. The minimum Gasteiger partial charge on any atom is -0.480 e. The van der Waals surface area contributed by atoms with Crippen molar-refractivity contribution in [2.24, 2.45) is 0 Å². The van der Waals surface area contributed by atoms with Crippen LogP contribution in [-0.4, -0.2) is 38.4 Å². The third-order valence-corrected chi connectivity index (χ3v) is 5.26. The molecule has 7 heteroatoms. The highest BCUT2D eigenvalue weighted by molar-refractivity contribution is 5.83. The maximum atomic E-state index is 13.0. The highest BCUT2D eigenvalue weighted by Crippen LogP contribution is 2.29. The SMILES string of the molecule is O=C([C@H]1Cc2ccccc2O1)N1CCc2c(nc(-c3ccncc3)[nH]c2=O)C1. The summed E-state index contributed by atoms with van der Waals surface area (Å²) in [7, 11) is 0. The highest BCUT2D eigenvalue weighted by atomic mass is 16.5. The van der Waals surface area contributed by atoms with Gasteiger partial charge in [0.15, 0.2) is 6.10 Å². The van der Waals surface area contributed by atoms with Gasteiger partial charge in [-0.3, -0.25) is 14.6 Å². The van der Waals surface area contributed by atoms with Gasteiger partial charge in [-0.25, -0.2) is 4.98 Å². The maximum Gasteiger partial charge on any atom is 0.264 e. The quantitative estimate of drug-likeness (QED) is 0.738. The minimum atomic E-state index is -0.513. The molecule has 0 saturated heterocycles. The molecule has 7 nitrogen and oxygen atoms in total. The zero-order valence-electron chi connectivity index (χ0n) is 15.1. The van der Waals surface area contributed by atoms with E-state index in [2.05, 4.69) is 15.0 Å². The van der Waals surface area contributed by atoms with E-state index >= 15 is 0 Å². The van der Waals surface area contributed by atoms with Crippen LogP contribution in [0.15, 0.2) is 53.6 Å². The lowest BCUT2D eigenvalue weighted by Gasteiger charge is -2.29. The first-order valence-electron chi connectivity index (χ1n) is 9.25. The van der Waals surface area contributed by atoms with Crippen LogP contribution in [0.1, 0.15) is 16.8 Å². The van der Waals surface area contributed by atoms with Crippen LogP contribution in [0.5, 0.6) is 5.75 Å². The van der Waals surface area contributed by atoms with Gasteiger partial charge in [-0.1, -0.05) is 18.2 Å². The number of H-pyrrole nitrogens is 1. The smallest absolute Gasteiger partial charge is 0.264 e. The van der Waals surface area contributed by atoms with Crippen molar-refractivity contribution in [3.8, 4) is 17.1 Å². The van der Waals surface area contributed by atoms with Crippen LogP contribution in [0.4, 0.5) is 0 Å². The molecule has 4 heterocycles. The van der Waals surface area contributed by atoms with Crippen molar-refractivity contribution in [2.75, 3.05) is 6.54 Å². The highest BCUT2D eigenvalue weighted by Gasteiger charge is 2.34. The number of fused-ring (bicyclic) bond motifs is 2. The number of carbonyl (C=O) groups excluding carboxylic acids is 1. The molecule has 0 saturated carbocycles. The molecule has 2 aliphatic heterocycles. The number of carbonyl (C=O) groups is 1. The van der Waals surface area contributed by atoms with E-state index in [9.17, 15) is 9.59 Å². The molecule has 3 aromatic rings. The number of hydrogen-bond donors (Lipinski definition) is 1. The molecule has 0 fully saturated rings. The Hall–Kier alpha value is -3.48. The fourth-order valence-corrected chi connectivity index (χ4v) is 3.80. The van der Waals surface area contributed by atoms with Crippen LogP contribution >= 0.6 is 0 Å². The second-order valence-electron chi connectivity index (χ2n) is 7.00. The normalized spacial score (nSPS) is 17.6. The van der Waals surface area contributed by atoms with E-state index in [-0.39, 0.29) is 11.5 Å². The predicted molar refractivity (Wildman–Crippen MR) is 102 cm³/mol. The molecule has 0 spiro atoms. The first-order chi connectivity index (χ1) is 13.7. The van der Waals surface area contributed by atoms with E-state index in [0.29, 0.717) is 43.0 Å². The first-order valence-corrected chi connectivity index (χ1v) is 9.25. The van der Waals surface area contributed by atoms with E-state index in [1.807, 2.05) is 24.3 Å². The lowest BCUT2D eigenvalue weighted by molar-refractivity contribution is -0.139. The number of ether oxygens (including phenoxy) is 1. The molecule has 0 bridgehead atoms. The molecule has 0 radical (unpaired) electrons. The Labute approximate surface area is 161 Å². The maximum absolute atomic E-state index is 13.0. The Balaban J connectivity index is 1.40.